The van der Waals surface area contributed by atoms with E-state index in [1.165, 1.54) is 0 Å². The van der Waals surface area contributed by atoms with Gasteiger partial charge in [0, 0.05) is 31.7 Å². The van der Waals surface area contributed by atoms with E-state index in [-0.39, 0.29) is 6.10 Å². The highest BCUT2D eigenvalue weighted by atomic mass is 16.3. The molecule has 3 nitrogen and oxygen atoms in total. The molecule has 1 saturated heterocycles. The maximum absolute atomic E-state index is 9.83. The molecule has 3 heteroatoms. The van der Waals surface area contributed by atoms with Crippen molar-refractivity contribution in [3.63, 3.8) is 0 Å². The summed E-state index contributed by atoms with van der Waals surface area (Å²) in [6.07, 6.45) is 0.675. The summed E-state index contributed by atoms with van der Waals surface area (Å²) in [5.74, 6) is 0. The molecule has 3 atom stereocenters. The van der Waals surface area contributed by atoms with Crippen molar-refractivity contribution in [1.82, 2.24) is 9.80 Å². The third-order valence-electron chi connectivity index (χ3n) is 3.75. The van der Waals surface area contributed by atoms with Crippen molar-refractivity contribution in [2.24, 2.45) is 0 Å². The predicted octanol–water partition coefficient (Wildman–Crippen LogP) is 1.17. The normalized spacial score (nSPS) is 29.0. The summed E-state index contributed by atoms with van der Waals surface area (Å²) in [5, 5.41) is 9.83. The van der Waals surface area contributed by atoms with Crippen LogP contribution in [0.5, 0.6) is 0 Å². The van der Waals surface area contributed by atoms with Crippen LogP contribution in [-0.4, -0.2) is 59.3 Å². The first-order valence-electron chi connectivity index (χ1n) is 6.26. The highest BCUT2D eigenvalue weighted by Crippen LogP contribution is 2.14. The zero-order chi connectivity index (χ0) is 11.4. The number of rotatable bonds is 4. The molecule has 3 unspecified atom stereocenters. The van der Waals surface area contributed by atoms with Crippen LogP contribution < -0.4 is 0 Å². The van der Waals surface area contributed by atoms with Gasteiger partial charge in [0.05, 0.1) is 6.10 Å². The van der Waals surface area contributed by atoms with E-state index < -0.39 is 0 Å². The van der Waals surface area contributed by atoms with E-state index in [2.05, 4.69) is 30.6 Å². The lowest BCUT2D eigenvalue weighted by atomic mass is 10.1. The van der Waals surface area contributed by atoms with Crippen LogP contribution >= 0.6 is 0 Å². The smallest absolute Gasteiger partial charge is 0.0690 e. The van der Waals surface area contributed by atoms with E-state index in [0.29, 0.717) is 12.1 Å². The van der Waals surface area contributed by atoms with Gasteiger partial charge < -0.3 is 5.11 Å². The van der Waals surface area contributed by atoms with E-state index in [1.54, 1.807) is 0 Å². The summed E-state index contributed by atoms with van der Waals surface area (Å²) in [5.41, 5.74) is 0. The maximum Gasteiger partial charge on any atom is 0.0690 e. The van der Waals surface area contributed by atoms with Crippen LogP contribution in [0.4, 0.5) is 0 Å². The van der Waals surface area contributed by atoms with Crippen molar-refractivity contribution in [2.75, 3.05) is 26.2 Å². The van der Waals surface area contributed by atoms with Gasteiger partial charge in [-0.1, -0.05) is 13.8 Å². The first-order chi connectivity index (χ1) is 7.10. The van der Waals surface area contributed by atoms with E-state index in [1.807, 2.05) is 6.92 Å². The monoisotopic (exact) mass is 214 g/mol. The quantitative estimate of drug-likeness (QED) is 0.761. The minimum absolute atomic E-state index is 0.176. The Labute approximate surface area is 94.1 Å². The van der Waals surface area contributed by atoms with Crippen molar-refractivity contribution < 1.29 is 5.11 Å². The number of likely N-dealkylation sites (N-methyl/N-ethyl adjacent to an activating group) is 1. The van der Waals surface area contributed by atoms with Crippen LogP contribution in [0.25, 0.3) is 0 Å². The average Bonchev–Trinajstić information content (AvgIpc) is 2.26. The van der Waals surface area contributed by atoms with Gasteiger partial charge >= 0.3 is 0 Å². The lowest BCUT2D eigenvalue weighted by Gasteiger charge is -2.43. The van der Waals surface area contributed by atoms with E-state index in [9.17, 15) is 5.11 Å². The Hall–Kier alpha value is -0.120. The average molecular weight is 214 g/mol. The van der Waals surface area contributed by atoms with Gasteiger partial charge in [0.15, 0.2) is 0 Å². The summed E-state index contributed by atoms with van der Waals surface area (Å²) in [4.78, 5) is 4.92. The second-order valence-corrected chi connectivity index (χ2v) is 4.69. The molecule has 0 saturated carbocycles. The summed E-state index contributed by atoms with van der Waals surface area (Å²) in [7, 11) is 0. The van der Waals surface area contributed by atoms with Crippen LogP contribution in [0.2, 0.25) is 0 Å². The van der Waals surface area contributed by atoms with Crippen molar-refractivity contribution in [2.45, 2.75) is 52.3 Å². The highest BCUT2D eigenvalue weighted by molar-refractivity contribution is 4.83. The van der Waals surface area contributed by atoms with E-state index in [4.69, 9.17) is 0 Å². The SMILES string of the molecule is CCC(O)C(C)N1CCN(CC)C(C)C1. The molecule has 1 heterocycles. The van der Waals surface area contributed by atoms with Crippen LogP contribution in [0.15, 0.2) is 0 Å². The highest BCUT2D eigenvalue weighted by Gasteiger charge is 2.27. The molecular weight excluding hydrogens is 188 g/mol. The molecule has 1 aliphatic rings. The molecule has 0 aliphatic carbocycles. The Bertz CT molecular complexity index is 186. The van der Waals surface area contributed by atoms with Crippen molar-refractivity contribution in [1.29, 1.82) is 0 Å². The number of hydrogen-bond donors (Lipinski definition) is 1. The van der Waals surface area contributed by atoms with Crippen molar-refractivity contribution in [3.05, 3.63) is 0 Å². The van der Waals surface area contributed by atoms with Crippen LogP contribution in [0.1, 0.15) is 34.1 Å². The van der Waals surface area contributed by atoms with Crippen LogP contribution in [0, 0.1) is 0 Å². The Morgan fingerprint density at radius 3 is 2.47 bits per heavy atom. The van der Waals surface area contributed by atoms with Crippen LogP contribution in [0.3, 0.4) is 0 Å². The molecule has 0 aromatic rings. The Morgan fingerprint density at radius 1 is 1.33 bits per heavy atom. The Morgan fingerprint density at radius 2 is 2.00 bits per heavy atom. The third kappa shape index (κ3) is 3.16. The van der Waals surface area contributed by atoms with Crippen molar-refractivity contribution in [3.8, 4) is 0 Å². The lowest BCUT2D eigenvalue weighted by molar-refractivity contribution is 0.00730. The fraction of sp³-hybridized carbons (Fsp3) is 1.00. The summed E-state index contributed by atoms with van der Waals surface area (Å²) >= 11 is 0. The van der Waals surface area contributed by atoms with Gasteiger partial charge in [-0.3, -0.25) is 9.80 Å². The Kier molecular flexibility index (Phi) is 5.03. The molecule has 0 spiro atoms. The number of aliphatic hydroxyl groups is 1. The molecule has 1 rings (SSSR count). The Balaban J connectivity index is 2.46. The predicted molar refractivity (Wildman–Crippen MR) is 64.0 cm³/mol. The molecule has 1 N–H and O–H groups in total. The number of aliphatic hydroxyl groups excluding tert-OH is 1. The topological polar surface area (TPSA) is 26.7 Å². The summed E-state index contributed by atoms with van der Waals surface area (Å²) < 4.78 is 0. The van der Waals surface area contributed by atoms with E-state index in [0.717, 1.165) is 32.6 Å². The third-order valence-corrected chi connectivity index (χ3v) is 3.75. The minimum Gasteiger partial charge on any atom is -0.392 e. The van der Waals surface area contributed by atoms with Gasteiger partial charge in [0.25, 0.3) is 0 Å². The summed E-state index contributed by atoms with van der Waals surface area (Å²) in [6, 6.07) is 0.923. The number of nitrogens with zero attached hydrogens (tertiary/aromatic N) is 2. The summed E-state index contributed by atoms with van der Waals surface area (Å²) in [6.45, 7) is 13.1. The zero-order valence-corrected chi connectivity index (χ0v) is 10.6. The van der Waals surface area contributed by atoms with Crippen molar-refractivity contribution >= 4 is 0 Å². The minimum atomic E-state index is -0.176. The molecule has 0 aromatic carbocycles. The molecule has 15 heavy (non-hydrogen) atoms. The van der Waals surface area contributed by atoms with Gasteiger partial charge in [-0.05, 0) is 26.8 Å². The number of piperazine rings is 1. The first kappa shape index (κ1) is 12.9. The zero-order valence-electron chi connectivity index (χ0n) is 10.6. The maximum atomic E-state index is 9.83. The van der Waals surface area contributed by atoms with Gasteiger partial charge in [-0.25, -0.2) is 0 Å². The molecule has 1 fully saturated rings. The fourth-order valence-electron chi connectivity index (χ4n) is 2.45. The van der Waals surface area contributed by atoms with Gasteiger partial charge in [0.1, 0.15) is 0 Å². The molecule has 1 aliphatic heterocycles. The molecule has 0 bridgehead atoms. The molecule has 90 valence electrons. The second kappa shape index (κ2) is 5.83. The lowest BCUT2D eigenvalue weighted by Crippen LogP contribution is -2.56. The van der Waals surface area contributed by atoms with Gasteiger partial charge in [-0.2, -0.15) is 0 Å². The molecule has 0 amide bonds. The number of hydrogen-bond acceptors (Lipinski definition) is 3. The van der Waals surface area contributed by atoms with Gasteiger partial charge in [-0.15, -0.1) is 0 Å². The fourth-order valence-corrected chi connectivity index (χ4v) is 2.45. The van der Waals surface area contributed by atoms with Gasteiger partial charge in [0.2, 0.25) is 0 Å². The largest absolute Gasteiger partial charge is 0.392 e. The standard InChI is InChI=1S/C12H26N2O/c1-5-12(15)11(4)14-8-7-13(6-2)10(3)9-14/h10-12,15H,5-9H2,1-4H3. The second-order valence-electron chi connectivity index (χ2n) is 4.69. The van der Waals surface area contributed by atoms with Crippen LogP contribution in [-0.2, 0) is 0 Å². The molecule has 0 radical (unpaired) electrons. The molecular formula is C12H26N2O. The van der Waals surface area contributed by atoms with E-state index >= 15 is 0 Å². The first-order valence-corrected chi connectivity index (χ1v) is 6.26. The molecule has 0 aromatic heterocycles.